The van der Waals surface area contributed by atoms with E-state index in [4.69, 9.17) is 9.47 Å². The number of aliphatic imine (C=N–C) groups is 1. The molecule has 3 rings (SSSR count). The Balaban J connectivity index is 1.93. The lowest BCUT2D eigenvalue weighted by molar-refractivity contribution is -0.134. The maximum Gasteiger partial charge on any atom is 0.363 e. The predicted molar refractivity (Wildman–Crippen MR) is 107 cm³/mol. The van der Waals surface area contributed by atoms with E-state index in [-0.39, 0.29) is 17.6 Å². The smallest absolute Gasteiger partial charge is 0.363 e. The largest absolute Gasteiger partial charge is 0.426 e. The van der Waals surface area contributed by atoms with Gasteiger partial charge in [-0.05, 0) is 76.8 Å². The second-order valence-corrected chi connectivity index (χ2v) is 6.98. The third-order valence-corrected chi connectivity index (χ3v) is 4.71. The number of aryl methyl sites for hydroxylation is 2. The summed E-state index contributed by atoms with van der Waals surface area (Å²) in [6, 6.07) is 11.1. The van der Waals surface area contributed by atoms with Crippen molar-refractivity contribution in [3.8, 4) is 5.75 Å². The number of carbonyl (C=O) groups is 2. The van der Waals surface area contributed by atoms with E-state index in [1.807, 2.05) is 50.2 Å². The quantitative estimate of drug-likeness (QED) is 0.402. The first-order valence-corrected chi connectivity index (χ1v) is 9.27. The van der Waals surface area contributed by atoms with Gasteiger partial charge in [0.15, 0.2) is 5.70 Å². The maximum atomic E-state index is 12.2. The summed E-state index contributed by atoms with van der Waals surface area (Å²) < 4.78 is 11.5. The Morgan fingerprint density at radius 1 is 1.22 bits per heavy atom. The molecule has 1 heterocycles. The molecule has 0 N–H and O–H groups in total. The number of esters is 2. The van der Waals surface area contributed by atoms with Gasteiger partial charge in [-0.15, -0.1) is 0 Å². The van der Waals surface area contributed by atoms with Gasteiger partial charge >= 0.3 is 11.9 Å². The van der Waals surface area contributed by atoms with Gasteiger partial charge in [-0.2, -0.15) is 0 Å². The number of hydrogen-bond donors (Lipinski definition) is 0. The van der Waals surface area contributed by atoms with Gasteiger partial charge in [-0.3, -0.25) is 4.79 Å². The Morgan fingerprint density at radius 3 is 2.52 bits per heavy atom. The minimum absolute atomic E-state index is 0.220. The van der Waals surface area contributed by atoms with Crippen LogP contribution in [0.3, 0.4) is 0 Å². The molecule has 0 radical (unpaired) electrons. The lowest BCUT2D eigenvalue weighted by Gasteiger charge is -2.11. The standard InChI is InChI=1S/C21H18BrNO4/c1-4-18(24)26-19-12(2)9-14(10-13(19)3)11-17-21(25)27-20(23-17)15-7-5-6-8-16(15)22/h5-11H,4H2,1-3H3/b17-11-. The number of nitrogens with zero attached hydrogens (tertiary/aromatic N) is 1. The first-order valence-electron chi connectivity index (χ1n) is 8.48. The van der Waals surface area contributed by atoms with Crippen LogP contribution in [0.15, 0.2) is 51.6 Å². The van der Waals surface area contributed by atoms with Crippen LogP contribution in [-0.4, -0.2) is 17.8 Å². The van der Waals surface area contributed by atoms with Crippen LogP contribution in [0, 0.1) is 13.8 Å². The lowest BCUT2D eigenvalue weighted by Crippen LogP contribution is -2.08. The monoisotopic (exact) mass is 427 g/mol. The van der Waals surface area contributed by atoms with Crippen molar-refractivity contribution < 1.29 is 19.1 Å². The third-order valence-electron chi connectivity index (χ3n) is 4.02. The molecule has 2 aromatic carbocycles. The SMILES string of the molecule is CCC(=O)Oc1c(C)cc(/C=C2\N=C(c3ccccc3Br)OC2=O)cc1C. The summed E-state index contributed by atoms with van der Waals surface area (Å²) in [5.74, 6) is 0.0305. The van der Waals surface area contributed by atoms with E-state index < -0.39 is 5.97 Å². The normalized spacial score (nSPS) is 14.9. The Morgan fingerprint density at radius 2 is 1.89 bits per heavy atom. The highest BCUT2D eigenvalue weighted by atomic mass is 79.9. The molecular formula is C21H18BrNO4. The highest BCUT2D eigenvalue weighted by molar-refractivity contribution is 9.10. The molecule has 138 valence electrons. The third kappa shape index (κ3) is 4.17. The van der Waals surface area contributed by atoms with Crippen molar-refractivity contribution in [1.29, 1.82) is 0 Å². The van der Waals surface area contributed by atoms with Crippen LogP contribution in [0.2, 0.25) is 0 Å². The maximum absolute atomic E-state index is 12.2. The Kier molecular flexibility index (Phi) is 5.56. The van der Waals surface area contributed by atoms with Crippen molar-refractivity contribution in [1.82, 2.24) is 0 Å². The van der Waals surface area contributed by atoms with Crippen LogP contribution in [-0.2, 0) is 14.3 Å². The van der Waals surface area contributed by atoms with E-state index >= 15 is 0 Å². The van der Waals surface area contributed by atoms with Gasteiger partial charge in [-0.25, -0.2) is 9.79 Å². The second-order valence-electron chi connectivity index (χ2n) is 6.13. The predicted octanol–water partition coefficient (Wildman–Crippen LogP) is 4.73. The highest BCUT2D eigenvalue weighted by Crippen LogP contribution is 2.28. The Labute approximate surface area is 165 Å². The molecular weight excluding hydrogens is 410 g/mol. The molecule has 0 fully saturated rings. The van der Waals surface area contributed by atoms with Crippen LogP contribution in [0.25, 0.3) is 6.08 Å². The topological polar surface area (TPSA) is 65.0 Å². The fraction of sp³-hybridized carbons (Fsp3) is 0.190. The molecule has 0 saturated carbocycles. The molecule has 6 heteroatoms. The van der Waals surface area contributed by atoms with Crippen molar-refractivity contribution in [2.24, 2.45) is 4.99 Å². The zero-order chi connectivity index (χ0) is 19.6. The Bertz CT molecular complexity index is 968. The first kappa shape index (κ1) is 19.0. The van der Waals surface area contributed by atoms with Gasteiger partial charge in [-0.1, -0.05) is 19.1 Å². The molecule has 0 atom stereocenters. The van der Waals surface area contributed by atoms with Crippen LogP contribution >= 0.6 is 15.9 Å². The van der Waals surface area contributed by atoms with Crippen LogP contribution < -0.4 is 4.74 Å². The van der Waals surface area contributed by atoms with Crippen molar-refractivity contribution in [2.75, 3.05) is 0 Å². The first-order chi connectivity index (χ1) is 12.9. The molecule has 27 heavy (non-hydrogen) atoms. The summed E-state index contributed by atoms with van der Waals surface area (Å²) >= 11 is 3.43. The number of carbonyl (C=O) groups excluding carboxylic acids is 2. The van der Waals surface area contributed by atoms with Crippen LogP contribution in [0.4, 0.5) is 0 Å². The molecule has 5 nitrogen and oxygen atoms in total. The van der Waals surface area contributed by atoms with Crippen LogP contribution in [0.1, 0.15) is 35.6 Å². The molecule has 0 unspecified atom stereocenters. The van der Waals surface area contributed by atoms with Gasteiger partial charge in [0.1, 0.15) is 5.75 Å². The number of hydrogen-bond acceptors (Lipinski definition) is 5. The fourth-order valence-corrected chi connectivity index (χ4v) is 3.19. The van der Waals surface area contributed by atoms with Gasteiger partial charge in [0.2, 0.25) is 5.90 Å². The van der Waals surface area contributed by atoms with Gasteiger partial charge in [0, 0.05) is 10.9 Å². The zero-order valence-corrected chi connectivity index (χ0v) is 16.8. The van der Waals surface area contributed by atoms with E-state index in [0.29, 0.717) is 17.7 Å². The summed E-state index contributed by atoms with van der Waals surface area (Å²) in [5.41, 5.74) is 3.33. The minimum Gasteiger partial charge on any atom is -0.426 e. The van der Waals surface area contributed by atoms with Gasteiger partial charge in [0.25, 0.3) is 0 Å². The molecule has 0 aliphatic carbocycles. The summed E-state index contributed by atoms with van der Waals surface area (Å²) in [6.45, 7) is 5.46. The van der Waals surface area contributed by atoms with Crippen molar-refractivity contribution >= 4 is 39.8 Å². The van der Waals surface area contributed by atoms with Gasteiger partial charge < -0.3 is 9.47 Å². The number of benzene rings is 2. The molecule has 0 amide bonds. The van der Waals surface area contributed by atoms with E-state index in [0.717, 1.165) is 21.2 Å². The van der Waals surface area contributed by atoms with E-state index in [9.17, 15) is 9.59 Å². The number of cyclic esters (lactones) is 1. The molecule has 1 aliphatic rings. The minimum atomic E-state index is -0.502. The number of halogens is 1. The molecule has 0 saturated heterocycles. The van der Waals surface area contributed by atoms with Crippen molar-refractivity contribution in [3.63, 3.8) is 0 Å². The molecule has 0 spiro atoms. The molecule has 2 aromatic rings. The van der Waals surface area contributed by atoms with Crippen molar-refractivity contribution in [2.45, 2.75) is 27.2 Å². The molecule has 1 aliphatic heterocycles. The summed E-state index contributed by atoms with van der Waals surface area (Å²) in [4.78, 5) is 28.1. The second kappa shape index (κ2) is 7.88. The van der Waals surface area contributed by atoms with E-state index in [1.54, 1.807) is 13.0 Å². The molecule has 0 bridgehead atoms. The van der Waals surface area contributed by atoms with Crippen LogP contribution in [0.5, 0.6) is 5.75 Å². The zero-order valence-electron chi connectivity index (χ0n) is 15.2. The Hall–Kier alpha value is -2.73. The summed E-state index contributed by atoms with van der Waals surface area (Å²) in [5, 5.41) is 0. The number of rotatable bonds is 4. The average Bonchev–Trinajstić information content (AvgIpc) is 2.98. The lowest BCUT2D eigenvalue weighted by atomic mass is 10.0. The number of ether oxygens (including phenoxy) is 2. The fourth-order valence-electron chi connectivity index (χ4n) is 2.73. The summed E-state index contributed by atoms with van der Waals surface area (Å²) in [6.07, 6.45) is 1.97. The van der Waals surface area contributed by atoms with Crippen molar-refractivity contribution in [3.05, 3.63) is 68.8 Å². The average molecular weight is 428 g/mol. The van der Waals surface area contributed by atoms with Gasteiger partial charge in [0.05, 0.1) is 5.56 Å². The molecule has 0 aromatic heterocycles. The van der Waals surface area contributed by atoms with E-state index in [1.165, 1.54) is 0 Å². The highest BCUT2D eigenvalue weighted by Gasteiger charge is 2.25. The summed E-state index contributed by atoms with van der Waals surface area (Å²) in [7, 11) is 0. The van der Waals surface area contributed by atoms with E-state index in [2.05, 4.69) is 20.9 Å².